The first-order valence-corrected chi connectivity index (χ1v) is 9.19. The van der Waals surface area contributed by atoms with Gasteiger partial charge in [0.05, 0.1) is 0 Å². The minimum Gasteiger partial charge on any atom is -0.289 e. The molecular formula is C23H30O. The van der Waals surface area contributed by atoms with Gasteiger partial charge in [-0.15, -0.1) is 0 Å². The van der Waals surface area contributed by atoms with Gasteiger partial charge in [-0.1, -0.05) is 77.9 Å². The van der Waals surface area contributed by atoms with Crippen molar-refractivity contribution in [1.29, 1.82) is 0 Å². The highest BCUT2D eigenvalue weighted by atomic mass is 16.1. The van der Waals surface area contributed by atoms with Crippen LogP contribution in [0.2, 0.25) is 0 Å². The minimum absolute atomic E-state index is 0.160. The van der Waals surface area contributed by atoms with Gasteiger partial charge in [0.15, 0.2) is 5.78 Å². The van der Waals surface area contributed by atoms with Crippen LogP contribution in [0.1, 0.15) is 91.6 Å². The van der Waals surface area contributed by atoms with Gasteiger partial charge < -0.3 is 0 Å². The number of ketones is 1. The number of aryl methyl sites for hydroxylation is 2. The third-order valence-corrected chi connectivity index (χ3v) is 4.78. The number of carbonyl (C=O) groups excluding carboxylic acids is 1. The van der Waals surface area contributed by atoms with Crippen LogP contribution in [0, 0.1) is 0 Å². The van der Waals surface area contributed by atoms with Gasteiger partial charge in [-0.25, -0.2) is 0 Å². The Hall–Kier alpha value is -1.89. The summed E-state index contributed by atoms with van der Waals surface area (Å²) >= 11 is 0. The van der Waals surface area contributed by atoms with Crippen molar-refractivity contribution in [2.45, 2.75) is 66.2 Å². The summed E-state index contributed by atoms with van der Waals surface area (Å²) < 4.78 is 0. The Morgan fingerprint density at radius 2 is 1.12 bits per heavy atom. The average Bonchev–Trinajstić information content (AvgIpc) is 2.59. The fourth-order valence-corrected chi connectivity index (χ4v) is 3.18. The summed E-state index contributed by atoms with van der Waals surface area (Å²) in [5, 5.41) is 0. The first-order chi connectivity index (χ1) is 11.4. The molecule has 0 bridgehead atoms. The molecule has 1 heteroatoms. The number of hydrogen-bond acceptors (Lipinski definition) is 1. The molecule has 1 nitrogen and oxygen atoms in total. The first kappa shape index (κ1) is 18.4. The lowest BCUT2D eigenvalue weighted by Crippen LogP contribution is -2.11. The number of carbonyl (C=O) groups is 1. The van der Waals surface area contributed by atoms with Crippen LogP contribution in [0.15, 0.2) is 36.4 Å². The number of benzene rings is 2. The molecule has 0 aromatic heterocycles. The normalized spacial score (nSPS) is 11.3. The molecule has 24 heavy (non-hydrogen) atoms. The van der Waals surface area contributed by atoms with E-state index in [4.69, 9.17) is 0 Å². The van der Waals surface area contributed by atoms with Crippen molar-refractivity contribution in [2.75, 3.05) is 0 Å². The predicted octanol–water partition coefficient (Wildman–Crippen LogP) is 6.29. The second kappa shape index (κ2) is 7.79. The van der Waals surface area contributed by atoms with Crippen molar-refractivity contribution < 1.29 is 4.79 Å². The monoisotopic (exact) mass is 322 g/mol. The van der Waals surface area contributed by atoms with Crippen LogP contribution >= 0.6 is 0 Å². The van der Waals surface area contributed by atoms with E-state index in [0.717, 1.165) is 35.1 Å². The summed E-state index contributed by atoms with van der Waals surface area (Å²) in [7, 11) is 0. The zero-order valence-corrected chi connectivity index (χ0v) is 15.9. The molecule has 0 atom stereocenters. The van der Waals surface area contributed by atoms with Crippen LogP contribution in [-0.2, 0) is 12.8 Å². The average molecular weight is 322 g/mol. The lowest BCUT2D eigenvalue weighted by Gasteiger charge is -2.17. The smallest absolute Gasteiger partial charge is 0.193 e. The largest absolute Gasteiger partial charge is 0.289 e. The Kier molecular flexibility index (Phi) is 5.99. The highest BCUT2D eigenvalue weighted by molar-refractivity contribution is 6.11. The van der Waals surface area contributed by atoms with Crippen LogP contribution in [0.3, 0.4) is 0 Å². The van der Waals surface area contributed by atoms with E-state index in [1.165, 1.54) is 11.1 Å². The molecule has 0 aliphatic rings. The Morgan fingerprint density at radius 1 is 0.750 bits per heavy atom. The number of rotatable bonds is 6. The van der Waals surface area contributed by atoms with Crippen molar-refractivity contribution in [2.24, 2.45) is 0 Å². The molecule has 2 aromatic rings. The molecule has 128 valence electrons. The molecule has 2 rings (SSSR count). The summed E-state index contributed by atoms with van der Waals surface area (Å²) in [5.41, 5.74) is 6.62. The topological polar surface area (TPSA) is 17.1 Å². The van der Waals surface area contributed by atoms with E-state index < -0.39 is 0 Å². The summed E-state index contributed by atoms with van der Waals surface area (Å²) in [5.74, 6) is 0.841. The molecule has 0 aliphatic carbocycles. The number of hydrogen-bond donors (Lipinski definition) is 0. The van der Waals surface area contributed by atoms with Gasteiger partial charge in [0.1, 0.15) is 0 Å². The molecule has 0 unspecified atom stereocenters. The molecule has 0 N–H and O–H groups in total. The van der Waals surface area contributed by atoms with Crippen molar-refractivity contribution in [3.8, 4) is 0 Å². The van der Waals surface area contributed by atoms with E-state index in [9.17, 15) is 4.79 Å². The summed E-state index contributed by atoms with van der Waals surface area (Å²) in [6, 6.07) is 12.6. The zero-order chi connectivity index (χ0) is 17.9. The quantitative estimate of drug-likeness (QED) is 0.571. The Labute approximate surface area is 147 Å². The Bertz CT molecular complexity index is 661. The molecule has 0 amide bonds. The molecule has 0 heterocycles. The molecule has 0 saturated heterocycles. The van der Waals surface area contributed by atoms with Gasteiger partial charge in [-0.05, 0) is 46.9 Å². The van der Waals surface area contributed by atoms with E-state index in [0.29, 0.717) is 11.8 Å². The SMILES string of the molecule is CCc1ccc(C(=O)c2ccc(CC)cc2C(C)C)c(C(C)C)c1. The standard InChI is InChI=1S/C23H30O/c1-7-17-9-11-19(21(13-17)15(3)4)23(24)20-12-10-18(8-2)14-22(20)16(5)6/h9-16H,7-8H2,1-6H3. The van der Waals surface area contributed by atoms with Crippen molar-refractivity contribution in [3.05, 3.63) is 69.8 Å². The second-order valence-corrected chi connectivity index (χ2v) is 7.19. The fourth-order valence-electron chi connectivity index (χ4n) is 3.18. The minimum atomic E-state index is 0.160. The van der Waals surface area contributed by atoms with Gasteiger partial charge in [0.2, 0.25) is 0 Å². The molecule has 0 aliphatic heterocycles. The highest BCUT2D eigenvalue weighted by Crippen LogP contribution is 2.28. The zero-order valence-electron chi connectivity index (χ0n) is 15.9. The van der Waals surface area contributed by atoms with Crippen LogP contribution in [0.4, 0.5) is 0 Å². The van der Waals surface area contributed by atoms with Crippen LogP contribution in [0.25, 0.3) is 0 Å². The van der Waals surface area contributed by atoms with Crippen molar-refractivity contribution in [3.63, 3.8) is 0 Å². The maximum absolute atomic E-state index is 13.3. The highest BCUT2D eigenvalue weighted by Gasteiger charge is 2.20. The fraction of sp³-hybridized carbons (Fsp3) is 0.435. The van der Waals surface area contributed by atoms with Gasteiger partial charge in [-0.2, -0.15) is 0 Å². The molecular weight excluding hydrogens is 292 g/mol. The molecule has 2 aromatic carbocycles. The van der Waals surface area contributed by atoms with Crippen LogP contribution < -0.4 is 0 Å². The van der Waals surface area contributed by atoms with E-state index >= 15 is 0 Å². The van der Waals surface area contributed by atoms with Crippen LogP contribution in [0.5, 0.6) is 0 Å². The molecule has 0 radical (unpaired) electrons. The lowest BCUT2D eigenvalue weighted by molar-refractivity contribution is 0.103. The van der Waals surface area contributed by atoms with E-state index in [2.05, 4.69) is 65.8 Å². The summed E-state index contributed by atoms with van der Waals surface area (Å²) in [6.07, 6.45) is 1.99. The van der Waals surface area contributed by atoms with Gasteiger partial charge in [0, 0.05) is 11.1 Å². The molecule has 0 saturated carbocycles. The van der Waals surface area contributed by atoms with E-state index in [1.807, 2.05) is 12.1 Å². The van der Waals surface area contributed by atoms with E-state index in [1.54, 1.807) is 0 Å². The maximum Gasteiger partial charge on any atom is 0.193 e. The predicted molar refractivity (Wildman–Crippen MR) is 103 cm³/mol. The van der Waals surface area contributed by atoms with Gasteiger partial charge in [-0.3, -0.25) is 4.79 Å². The third kappa shape index (κ3) is 3.77. The maximum atomic E-state index is 13.3. The van der Waals surface area contributed by atoms with E-state index in [-0.39, 0.29) is 5.78 Å². The Morgan fingerprint density at radius 3 is 1.42 bits per heavy atom. The van der Waals surface area contributed by atoms with Crippen LogP contribution in [-0.4, -0.2) is 5.78 Å². The summed E-state index contributed by atoms with van der Waals surface area (Å²) in [6.45, 7) is 13.0. The Balaban J connectivity index is 2.57. The van der Waals surface area contributed by atoms with Crippen molar-refractivity contribution >= 4 is 5.78 Å². The summed E-state index contributed by atoms with van der Waals surface area (Å²) in [4.78, 5) is 13.3. The van der Waals surface area contributed by atoms with Crippen molar-refractivity contribution in [1.82, 2.24) is 0 Å². The second-order valence-electron chi connectivity index (χ2n) is 7.19. The first-order valence-electron chi connectivity index (χ1n) is 9.19. The molecule has 0 spiro atoms. The van der Waals surface area contributed by atoms with Gasteiger partial charge >= 0.3 is 0 Å². The lowest BCUT2D eigenvalue weighted by atomic mass is 9.86. The third-order valence-electron chi connectivity index (χ3n) is 4.78. The molecule has 0 fully saturated rings. The van der Waals surface area contributed by atoms with Gasteiger partial charge in [0.25, 0.3) is 0 Å².